The number of hydrogen-bond donors (Lipinski definition) is 0. The molecule has 19 heavy (non-hydrogen) atoms. The predicted molar refractivity (Wildman–Crippen MR) is 73.9 cm³/mol. The maximum Gasteiger partial charge on any atom is 0.202 e. The molecule has 0 spiro atoms. The van der Waals surface area contributed by atoms with Crippen molar-refractivity contribution in [1.29, 1.82) is 0 Å². The van der Waals surface area contributed by atoms with Gasteiger partial charge >= 0.3 is 0 Å². The molecule has 0 radical (unpaired) electrons. The smallest absolute Gasteiger partial charge is 0.202 e. The topological polar surface area (TPSA) is 35.5 Å². The van der Waals surface area contributed by atoms with E-state index in [4.69, 9.17) is 9.47 Å². The van der Waals surface area contributed by atoms with Crippen LogP contribution in [0.4, 0.5) is 0 Å². The maximum atomic E-state index is 12.2. The van der Waals surface area contributed by atoms with Crippen molar-refractivity contribution in [2.75, 3.05) is 7.11 Å². The molecule has 2 aromatic carbocycles. The lowest BCUT2D eigenvalue weighted by Crippen LogP contribution is -2.23. The van der Waals surface area contributed by atoms with Crippen LogP contribution in [0.15, 0.2) is 54.6 Å². The third-order valence-electron chi connectivity index (χ3n) is 2.80. The monoisotopic (exact) mass is 256 g/mol. The van der Waals surface area contributed by atoms with Crippen molar-refractivity contribution in [3.63, 3.8) is 0 Å². The molecule has 1 unspecified atom stereocenters. The zero-order valence-electron chi connectivity index (χ0n) is 11.0. The Labute approximate surface area is 112 Å². The van der Waals surface area contributed by atoms with Gasteiger partial charge in [0.1, 0.15) is 11.5 Å². The standard InChI is InChI=1S/C16H16O3/c1-12(19-15-6-4-3-5-7-15)16(17)13-8-10-14(18-2)11-9-13/h3-12H,1-2H3. The number of rotatable bonds is 5. The van der Waals surface area contributed by atoms with Gasteiger partial charge in [0.05, 0.1) is 7.11 Å². The summed E-state index contributed by atoms with van der Waals surface area (Å²) in [6, 6.07) is 16.3. The number of Topliss-reactive ketones (excluding diaryl/α,β-unsaturated/α-hetero) is 1. The van der Waals surface area contributed by atoms with Gasteiger partial charge < -0.3 is 9.47 Å². The van der Waals surface area contributed by atoms with E-state index in [-0.39, 0.29) is 5.78 Å². The molecule has 0 bridgehead atoms. The molecule has 0 saturated heterocycles. The minimum absolute atomic E-state index is 0.0495. The van der Waals surface area contributed by atoms with Gasteiger partial charge in [0, 0.05) is 5.56 Å². The summed E-state index contributed by atoms with van der Waals surface area (Å²) in [5.74, 6) is 1.37. The summed E-state index contributed by atoms with van der Waals surface area (Å²) >= 11 is 0. The molecule has 0 fully saturated rings. The number of ether oxygens (including phenoxy) is 2. The van der Waals surface area contributed by atoms with Gasteiger partial charge in [0.15, 0.2) is 6.10 Å². The zero-order valence-corrected chi connectivity index (χ0v) is 11.0. The van der Waals surface area contributed by atoms with Crippen LogP contribution in [-0.4, -0.2) is 19.0 Å². The van der Waals surface area contributed by atoms with E-state index >= 15 is 0 Å². The van der Waals surface area contributed by atoms with Gasteiger partial charge in [-0.25, -0.2) is 0 Å². The van der Waals surface area contributed by atoms with Crippen LogP contribution in [0.3, 0.4) is 0 Å². The number of hydrogen-bond acceptors (Lipinski definition) is 3. The van der Waals surface area contributed by atoms with Crippen LogP contribution in [0, 0.1) is 0 Å². The van der Waals surface area contributed by atoms with Crippen molar-refractivity contribution in [3.8, 4) is 11.5 Å². The van der Waals surface area contributed by atoms with E-state index in [1.807, 2.05) is 30.3 Å². The lowest BCUT2D eigenvalue weighted by Gasteiger charge is -2.13. The summed E-state index contributed by atoms with van der Waals surface area (Å²) in [7, 11) is 1.60. The molecular formula is C16H16O3. The zero-order chi connectivity index (χ0) is 13.7. The van der Waals surface area contributed by atoms with Crippen LogP contribution in [-0.2, 0) is 0 Å². The van der Waals surface area contributed by atoms with Crippen molar-refractivity contribution in [2.45, 2.75) is 13.0 Å². The highest BCUT2D eigenvalue weighted by molar-refractivity contribution is 5.99. The van der Waals surface area contributed by atoms with Gasteiger partial charge in [-0.3, -0.25) is 4.79 Å². The first kappa shape index (κ1) is 13.1. The number of para-hydroxylation sites is 1. The van der Waals surface area contributed by atoms with E-state index in [1.54, 1.807) is 38.3 Å². The van der Waals surface area contributed by atoms with E-state index in [0.29, 0.717) is 11.3 Å². The third kappa shape index (κ3) is 3.35. The Morgan fingerprint density at radius 1 is 0.947 bits per heavy atom. The molecule has 0 aliphatic rings. The molecule has 3 heteroatoms. The molecule has 3 nitrogen and oxygen atoms in total. The second-order valence-electron chi connectivity index (χ2n) is 4.17. The van der Waals surface area contributed by atoms with Crippen molar-refractivity contribution in [3.05, 3.63) is 60.2 Å². The fourth-order valence-corrected chi connectivity index (χ4v) is 1.75. The Balaban J connectivity index is 2.06. The highest BCUT2D eigenvalue weighted by Gasteiger charge is 2.16. The van der Waals surface area contributed by atoms with Crippen molar-refractivity contribution in [1.82, 2.24) is 0 Å². The summed E-state index contributed by atoms with van der Waals surface area (Å²) in [4.78, 5) is 12.2. The molecule has 0 aliphatic heterocycles. The molecular weight excluding hydrogens is 240 g/mol. The largest absolute Gasteiger partial charge is 0.497 e. The first-order valence-electron chi connectivity index (χ1n) is 6.10. The summed E-state index contributed by atoms with van der Waals surface area (Å²) < 4.78 is 10.7. The first-order chi connectivity index (χ1) is 9.20. The van der Waals surface area contributed by atoms with E-state index in [0.717, 1.165) is 5.75 Å². The van der Waals surface area contributed by atoms with Crippen molar-refractivity contribution < 1.29 is 14.3 Å². The quantitative estimate of drug-likeness (QED) is 0.770. The highest BCUT2D eigenvalue weighted by Crippen LogP contribution is 2.16. The molecule has 1 atom stereocenters. The molecule has 0 aromatic heterocycles. The Morgan fingerprint density at radius 3 is 2.16 bits per heavy atom. The molecule has 98 valence electrons. The number of carbonyl (C=O) groups excluding carboxylic acids is 1. The number of methoxy groups -OCH3 is 1. The van der Waals surface area contributed by atoms with Crippen LogP contribution in [0.1, 0.15) is 17.3 Å². The SMILES string of the molecule is COc1ccc(C(=O)C(C)Oc2ccccc2)cc1. The molecule has 0 amide bonds. The van der Waals surface area contributed by atoms with Crippen molar-refractivity contribution >= 4 is 5.78 Å². The summed E-state index contributed by atoms with van der Waals surface area (Å²) in [5, 5.41) is 0. The van der Waals surface area contributed by atoms with Crippen LogP contribution in [0.5, 0.6) is 11.5 Å². The Hall–Kier alpha value is -2.29. The van der Waals surface area contributed by atoms with Crippen LogP contribution in [0.25, 0.3) is 0 Å². The van der Waals surface area contributed by atoms with Crippen LogP contribution in [0.2, 0.25) is 0 Å². The van der Waals surface area contributed by atoms with Gasteiger partial charge in [-0.1, -0.05) is 18.2 Å². The minimum atomic E-state index is -0.518. The maximum absolute atomic E-state index is 12.2. The highest BCUT2D eigenvalue weighted by atomic mass is 16.5. The molecule has 0 heterocycles. The lowest BCUT2D eigenvalue weighted by atomic mass is 10.1. The van der Waals surface area contributed by atoms with Crippen LogP contribution >= 0.6 is 0 Å². The Bertz CT molecular complexity index is 532. The molecule has 2 rings (SSSR count). The van der Waals surface area contributed by atoms with Crippen LogP contribution < -0.4 is 9.47 Å². The summed E-state index contributed by atoms with van der Waals surface area (Å²) in [5.41, 5.74) is 0.615. The average molecular weight is 256 g/mol. The Morgan fingerprint density at radius 2 is 1.58 bits per heavy atom. The van der Waals surface area contributed by atoms with Gasteiger partial charge in [-0.05, 0) is 43.3 Å². The number of carbonyl (C=O) groups is 1. The fourth-order valence-electron chi connectivity index (χ4n) is 1.75. The van der Waals surface area contributed by atoms with E-state index in [9.17, 15) is 4.79 Å². The van der Waals surface area contributed by atoms with E-state index in [2.05, 4.69) is 0 Å². The van der Waals surface area contributed by atoms with Gasteiger partial charge in [-0.2, -0.15) is 0 Å². The normalized spacial score (nSPS) is 11.7. The molecule has 0 saturated carbocycles. The Kier molecular flexibility index (Phi) is 4.18. The molecule has 0 aliphatic carbocycles. The second kappa shape index (κ2) is 6.05. The molecule has 0 N–H and O–H groups in total. The van der Waals surface area contributed by atoms with Crippen molar-refractivity contribution in [2.24, 2.45) is 0 Å². The average Bonchev–Trinajstić information content (AvgIpc) is 2.47. The predicted octanol–water partition coefficient (Wildman–Crippen LogP) is 3.35. The number of benzene rings is 2. The van der Waals surface area contributed by atoms with Gasteiger partial charge in [-0.15, -0.1) is 0 Å². The van der Waals surface area contributed by atoms with Gasteiger partial charge in [0.2, 0.25) is 5.78 Å². The van der Waals surface area contributed by atoms with Gasteiger partial charge in [0.25, 0.3) is 0 Å². The first-order valence-corrected chi connectivity index (χ1v) is 6.10. The van der Waals surface area contributed by atoms with E-state index in [1.165, 1.54) is 0 Å². The lowest BCUT2D eigenvalue weighted by molar-refractivity contribution is 0.0818. The molecule has 2 aromatic rings. The minimum Gasteiger partial charge on any atom is -0.497 e. The summed E-state index contributed by atoms with van der Waals surface area (Å²) in [6.07, 6.45) is -0.518. The second-order valence-corrected chi connectivity index (χ2v) is 4.17. The third-order valence-corrected chi connectivity index (χ3v) is 2.80. The fraction of sp³-hybridized carbons (Fsp3) is 0.188. The summed E-state index contributed by atoms with van der Waals surface area (Å²) in [6.45, 7) is 1.75. The van der Waals surface area contributed by atoms with E-state index < -0.39 is 6.10 Å². The number of ketones is 1.